The molecule has 5 rings (SSSR count). The van der Waals surface area contributed by atoms with Crippen LogP contribution in [0, 0.1) is 10.1 Å². The summed E-state index contributed by atoms with van der Waals surface area (Å²) in [6.45, 7) is -0.622. The number of furan rings is 1. The number of hydrogen-bond acceptors (Lipinski definition) is 8. The smallest absolute Gasteiger partial charge is 0.339 e. The van der Waals surface area contributed by atoms with Gasteiger partial charge in [0.25, 0.3) is 11.6 Å². The third kappa shape index (κ3) is 4.76. The monoisotopic (exact) mass is 499 g/mol. The molecule has 1 aliphatic carbocycles. The number of para-hydroxylation sites is 1. The van der Waals surface area contributed by atoms with Gasteiger partial charge in [-0.15, -0.1) is 0 Å². The number of esters is 1. The lowest BCUT2D eigenvalue weighted by Gasteiger charge is -2.12. The molecule has 2 aromatic carbocycles. The number of carbonyl (C=O) groups excluding carboxylic acids is 2. The number of amides is 1. The Morgan fingerprint density at radius 1 is 1.16 bits per heavy atom. The number of allylic oxidation sites excluding steroid dienone is 1. The van der Waals surface area contributed by atoms with Crippen LogP contribution in [-0.4, -0.2) is 35.5 Å². The molecular weight excluding hydrogens is 478 g/mol. The minimum atomic E-state index is -0.713. The van der Waals surface area contributed by atoms with Gasteiger partial charge in [-0.1, -0.05) is 18.2 Å². The number of nitro groups is 1. The van der Waals surface area contributed by atoms with Gasteiger partial charge in [0, 0.05) is 5.39 Å². The predicted molar refractivity (Wildman–Crippen MR) is 135 cm³/mol. The highest BCUT2D eigenvalue weighted by molar-refractivity contribution is 6.08. The summed E-state index contributed by atoms with van der Waals surface area (Å²) in [5.41, 5.74) is 2.98. The fraction of sp³-hybridized carbons (Fsp3) is 0.148. The first-order valence-electron chi connectivity index (χ1n) is 11.4. The third-order valence-electron chi connectivity index (χ3n) is 6.02. The molecular formula is C27H21N3O7. The molecule has 0 aliphatic heterocycles. The fourth-order valence-corrected chi connectivity index (χ4v) is 4.34. The summed E-state index contributed by atoms with van der Waals surface area (Å²) in [7, 11) is 1.38. The highest BCUT2D eigenvalue weighted by Crippen LogP contribution is 2.38. The molecule has 0 saturated carbocycles. The highest BCUT2D eigenvalue weighted by Gasteiger charge is 2.28. The Kier molecular flexibility index (Phi) is 6.38. The Labute approximate surface area is 210 Å². The molecule has 2 aromatic heterocycles. The Morgan fingerprint density at radius 2 is 2.00 bits per heavy atom. The van der Waals surface area contributed by atoms with Crippen molar-refractivity contribution in [2.24, 2.45) is 0 Å². The van der Waals surface area contributed by atoms with Gasteiger partial charge in [0.05, 0.1) is 41.1 Å². The van der Waals surface area contributed by atoms with E-state index in [0.717, 1.165) is 11.1 Å². The number of rotatable bonds is 7. The summed E-state index contributed by atoms with van der Waals surface area (Å²) in [4.78, 5) is 41.3. The molecule has 10 nitrogen and oxygen atoms in total. The molecule has 10 heteroatoms. The zero-order chi connectivity index (χ0) is 25.9. The van der Waals surface area contributed by atoms with Crippen LogP contribution in [0.25, 0.3) is 22.6 Å². The maximum absolute atomic E-state index is 13.3. The van der Waals surface area contributed by atoms with Crippen molar-refractivity contribution in [3.8, 4) is 5.75 Å². The number of aromatic nitrogens is 1. The molecule has 186 valence electrons. The molecule has 0 fully saturated rings. The summed E-state index contributed by atoms with van der Waals surface area (Å²) < 4.78 is 15.8. The first-order valence-corrected chi connectivity index (χ1v) is 11.4. The zero-order valence-electron chi connectivity index (χ0n) is 19.7. The molecule has 37 heavy (non-hydrogen) atoms. The third-order valence-corrected chi connectivity index (χ3v) is 6.02. The van der Waals surface area contributed by atoms with Gasteiger partial charge in [-0.05, 0) is 60.4 Å². The Bertz CT molecular complexity index is 1560. The van der Waals surface area contributed by atoms with Crippen LogP contribution >= 0.6 is 0 Å². The standard InChI is InChI=1S/C27H21N3O7/c1-35-17-9-11-22(23(14-17)30(33)34)28-24(31)15-37-27(32)25-19-6-2-3-7-21(19)29-26-16(8-10-20(25)26)13-18-5-4-12-36-18/h2-7,9,11-14H,8,10,15H2,1H3,(H,28,31)/b16-13+. The quantitative estimate of drug-likeness (QED) is 0.213. The minimum absolute atomic E-state index is 0.0326. The van der Waals surface area contributed by atoms with Gasteiger partial charge in [-0.25, -0.2) is 9.78 Å². The molecule has 1 N–H and O–H groups in total. The van der Waals surface area contributed by atoms with Crippen LogP contribution < -0.4 is 10.1 Å². The lowest BCUT2D eigenvalue weighted by molar-refractivity contribution is -0.384. The summed E-state index contributed by atoms with van der Waals surface area (Å²) in [6.07, 6.45) is 4.73. The van der Waals surface area contributed by atoms with Crippen molar-refractivity contribution >= 4 is 45.8 Å². The summed E-state index contributed by atoms with van der Waals surface area (Å²) in [5, 5.41) is 14.4. The van der Waals surface area contributed by atoms with E-state index in [4.69, 9.17) is 18.9 Å². The van der Waals surface area contributed by atoms with Crippen molar-refractivity contribution in [2.75, 3.05) is 19.0 Å². The maximum atomic E-state index is 13.3. The number of nitrogens with zero attached hydrogens (tertiary/aromatic N) is 2. The van der Waals surface area contributed by atoms with E-state index in [-0.39, 0.29) is 17.1 Å². The number of nitrogens with one attached hydrogen (secondary N) is 1. The van der Waals surface area contributed by atoms with Crippen LogP contribution in [-0.2, 0) is 16.0 Å². The van der Waals surface area contributed by atoms with Crippen LogP contribution in [0.5, 0.6) is 5.75 Å². The second kappa shape index (κ2) is 9.94. The van der Waals surface area contributed by atoms with E-state index in [9.17, 15) is 19.7 Å². The second-order valence-corrected chi connectivity index (χ2v) is 8.28. The van der Waals surface area contributed by atoms with Crippen molar-refractivity contribution in [1.29, 1.82) is 0 Å². The van der Waals surface area contributed by atoms with Gasteiger partial charge in [0.1, 0.15) is 17.2 Å². The Balaban J connectivity index is 1.40. The molecule has 0 saturated heterocycles. The lowest BCUT2D eigenvalue weighted by Crippen LogP contribution is -2.22. The van der Waals surface area contributed by atoms with Gasteiger partial charge in [0.2, 0.25) is 0 Å². The van der Waals surface area contributed by atoms with Crippen molar-refractivity contribution < 1.29 is 28.4 Å². The van der Waals surface area contributed by atoms with Gasteiger partial charge < -0.3 is 19.2 Å². The number of methoxy groups -OCH3 is 1. The molecule has 0 spiro atoms. The van der Waals surface area contributed by atoms with E-state index in [0.29, 0.717) is 40.8 Å². The van der Waals surface area contributed by atoms with Gasteiger partial charge in [-0.3, -0.25) is 14.9 Å². The van der Waals surface area contributed by atoms with Gasteiger partial charge in [0.15, 0.2) is 6.61 Å². The lowest BCUT2D eigenvalue weighted by atomic mass is 10.0. The maximum Gasteiger partial charge on any atom is 0.339 e. The van der Waals surface area contributed by atoms with E-state index >= 15 is 0 Å². The Morgan fingerprint density at radius 3 is 2.76 bits per heavy atom. The fourth-order valence-electron chi connectivity index (χ4n) is 4.34. The highest BCUT2D eigenvalue weighted by atomic mass is 16.6. The van der Waals surface area contributed by atoms with Crippen LogP contribution in [0.15, 0.2) is 65.3 Å². The van der Waals surface area contributed by atoms with Gasteiger partial charge >= 0.3 is 5.97 Å². The van der Waals surface area contributed by atoms with E-state index in [1.54, 1.807) is 24.5 Å². The van der Waals surface area contributed by atoms with Crippen molar-refractivity contribution in [3.05, 3.63) is 93.6 Å². The first-order chi connectivity index (χ1) is 17.9. The number of nitro benzene ring substituents is 1. The number of anilines is 1. The SMILES string of the molecule is COc1ccc(NC(=O)COC(=O)c2c3c(nc4ccccc24)/C(=C/c2ccco2)CC3)c([N+](=O)[O-])c1. The average molecular weight is 499 g/mol. The number of benzene rings is 2. The molecule has 0 bridgehead atoms. The number of hydrogen-bond donors (Lipinski definition) is 1. The topological polar surface area (TPSA) is 134 Å². The second-order valence-electron chi connectivity index (χ2n) is 8.28. The largest absolute Gasteiger partial charge is 0.496 e. The molecule has 0 radical (unpaired) electrons. The molecule has 4 aromatic rings. The molecule has 1 aliphatic rings. The van der Waals surface area contributed by atoms with E-state index < -0.39 is 23.4 Å². The van der Waals surface area contributed by atoms with Crippen molar-refractivity contribution in [2.45, 2.75) is 12.8 Å². The number of fused-ring (bicyclic) bond motifs is 2. The average Bonchev–Trinajstić information content (AvgIpc) is 3.56. The molecule has 0 atom stereocenters. The van der Waals surface area contributed by atoms with Crippen LogP contribution in [0.3, 0.4) is 0 Å². The minimum Gasteiger partial charge on any atom is -0.496 e. The van der Waals surface area contributed by atoms with Crippen LogP contribution in [0.1, 0.15) is 33.8 Å². The van der Waals surface area contributed by atoms with E-state index in [1.165, 1.54) is 25.3 Å². The summed E-state index contributed by atoms with van der Waals surface area (Å²) >= 11 is 0. The van der Waals surface area contributed by atoms with E-state index in [2.05, 4.69) is 5.32 Å². The Hall–Kier alpha value is -4.99. The normalized spacial score (nSPS) is 13.4. The number of pyridine rings is 1. The van der Waals surface area contributed by atoms with Crippen molar-refractivity contribution in [1.82, 2.24) is 4.98 Å². The van der Waals surface area contributed by atoms with Crippen molar-refractivity contribution in [3.63, 3.8) is 0 Å². The zero-order valence-corrected chi connectivity index (χ0v) is 19.7. The summed E-state index contributed by atoms with van der Waals surface area (Å²) in [6, 6.07) is 14.9. The molecule has 2 heterocycles. The predicted octanol–water partition coefficient (Wildman–Crippen LogP) is 5.03. The van der Waals surface area contributed by atoms with E-state index in [1.807, 2.05) is 24.3 Å². The molecule has 1 amide bonds. The molecule has 0 unspecified atom stereocenters. The summed E-state index contributed by atoms with van der Waals surface area (Å²) in [5.74, 6) is -0.426. The first kappa shape index (κ1) is 23.7. The van der Waals surface area contributed by atoms with Crippen LogP contribution in [0.4, 0.5) is 11.4 Å². The van der Waals surface area contributed by atoms with Crippen LogP contribution in [0.2, 0.25) is 0 Å². The number of carbonyl (C=O) groups is 2. The van der Waals surface area contributed by atoms with Gasteiger partial charge in [-0.2, -0.15) is 0 Å². The number of ether oxygens (including phenoxy) is 2.